The number of aromatic nitrogens is 1. The second kappa shape index (κ2) is 6.58. The molecule has 98 valence electrons. The summed E-state index contributed by atoms with van der Waals surface area (Å²) in [7, 11) is 1.69. The van der Waals surface area contributed by atoms with Gasteiger partial charge in [-0.1, -0.05) is 0 Å². The molecule has 0 aliphatic rings. The van der Waals surface area contributed by atoms with Gasteiger partial charge in [0, 0.05) is 19.8 Å². The molecular formula is C12H18N4O2. The predicted molar refractivity (Wildman–Crippen MR) is 69.4 cm³/mol. The molecule has 0 spiro atoms. The van der Waals surface area contributed by atoms with Gasteiger partial charge in [-0.25, -0.2) is 4.98 Å². The van der Waals surface area contributed by atoms with Crippen LogP contribution in [0.3, 0.4) is 0 Å². The molecular weight excluding hydrogens is 232 g/mol. The quantitative estimate of drug-likeness (QED) is 0.705. The van der Waals surface area contributed by atoms with E-state index >= 15 is 0 Å². The zero-order valence-electron chi connectivity index (χ0n) is 10.8. The van der Waals surface area contributed by atoms with E-state index in [4.69, 9.17) is 0 Å². The van der Waals surface area contributed by atoms with Crippen LogP contribution in [0, 0.1) is 0 Å². The third-order valence-corrected chi connectivity index (χ3v) is 2.38. The number of hydrogen-bond donors (Lipinski definition) is 3. The van der Waals surface area contributed by atoms with Crippen LogP contribution in [-0.2, 0) is 4.79 Å². The van der Waals surface area contributed by atoms with Gasteiger partial charge in [0.2, 0.25) is 5.91 Å². The Hall–Kier alpha value is -2.11. The average molecular weight is 250 g/mol. The Balaban J connectivity index is 2.73. The first-order chi connectivity index (χ1) is 8.60. The second-order valence-corrected chi connectivity index (χ2v) is 3.74. The summed E-state index contributed by atoms with van der Waals surface area (Å²) in [5.74, 6) is -0.0509. The van der Waals surface area contributed by atoms with Gasteiger partial charge in [0.05, 0.1) is 5.56 Å². The number of hydrogen-bond acceptors (Lipinski definition) is 4. The van der Waals surface area contributed by atoms with Gasteiger partial charge in [-0.15, -0.1) is 0 Å². The Labute approximate surface area is 106 Å². The van der Waals surface area contributed by atoms with Crippen LogP contribution < -0.4 is 16.0 Å². The Bertz CT molecular complexity index is 434. The predicted octanol–water partition coefficient (Wildman–Crippen LogP) is 0.378. The van der Waals surface area contributed by atoms with Gasteiger partial charge in [0.15, 0.2) is 0 Å². The van der Waals surface area contributed by atoms with Gasteiger partial charge in [0.1, 0.15) is 11.9 Å². The fourth-order valence-electron chi connectivity index (χ4n) is 1.46. The lowest BCUT2D eigenvalue weighted by atomic mass is 10.2. The lowest BCUT2D eigenvalue weighted by molar-refractivity contribution is -0.122. The van der Waals surface area contributed by atoms with Gasteiger partial charge < -0.3 is 16.0 Å². The van der Waals surface area contributed by atoms with Crippen molar-refractivity contribution >= 4 is 17.6 Å². The molecule has 3 N–H and O–H groups in total. The third-order valence-electron chi connectivity index (χ3n) is 2.38. The molecule has 1 rings (SSSR count). The lowest BCUT2D eigenvalue weighted by Gasteiger charge is -2.14. The molecule has 1 aromatic heterocycles. The molecule has 0 bridgehead atoms. The average Bonchev–Trinajstić information content (AvgIpc) is 2.38. The number of anilines is 1. The molecule has 1 heterocycles. The van der Waals surface area contributed by atoms with Crippen molar-refractivity contribution in [1.29, 1.82) is 0 Å². The molecule has 1 atom stereocenters. The normalized spacial score (nSPS) is 11.5. The Morgan fingerprint density at radius 2 is 2.17 bits per heavy atom. The summed E-state index contributed by atoms with van der Waals surface area (Å²) >= 11 is 0. The van der Waals surface area contributed by atoms with Crippen molar-refractivity contribution in [2.45, 2.75) is 19.9 Å². The molecule has 6 nitrogen and oxygen atoms in total. The monoisotopic (exact) mass is 250 g/mol. The van der Waals surface area contributed by atoms with Crippen molar-refractivity contribution < 1.29 is 9.59 Å². The minimum Gasteiger partial charge on any atom is -0.372 e. The highest BCUT2D eigenvalue weighted by Gasteiger charge is 2.17. The van der Waals surface area contributed by atoms with Crippen molar-refractivity contribution in [1.82, 2.24) is 15.6 Å². The molecule has 0 radical (unpaired) electrons. The van der Waals surface area contributed by atoms with Gasteiger partial charge in [-0.05, 0) is 26.0 Å². The Morgan fingerprint density at radius 3 is 2.78 bits per heavy atom. The maximum Gasteiger partial charge on any atom is 0.255 e. The molecule has 0 fully saturated rings. The van der Waals surface area contributed by atoms with E-state index in [0.717, 1.165) is 0 Å². The second-order valence-electron chi connectivity index (χ2n) is 3.74. The van der Waals surface area contributed by atoms with Gasteiger partial charge in [-0.3, -0.25) is 9.59 Å². The van der Waals surface area contributed by atoms with Crippen molar-refractivity contribution in [3.63, 3.8) is 0 Å². The van der Waals surface area contributed by atoms with Crippen molar-refractivity contribution in [2.24, 2.45) is 0 Å². The molecule has 18 heavy (non-hydrogen) atoms. The van der Waals surface area contributed by atoms with Gasteiger partial charge in [-0.2, -0.15) is 0 Å². The molecule has 0 saturated heterocycles. The molecule has 1 unspecified atom stereocenters. The summed E-state index contributed by atoms with van der Waals surface area (Å²) in [6.45, 7) is 4.00. The van der Waals surface area contributed by atoms with Crippen molar-refractivity contribution in [2.75, 3.05) is 18.9 Å². The summed E-state index contributed by atoms with van der Waals surface area (Å²) in [6.07, 6.45) is 1.59. The molecule has 0 saturated carbocycles. The SMILES string of the molecule is CCNC(=O)C(C)NC(=O)c1cccnc1NC. The van der Waals surface area contributed by atoms with Crippen LogP contribution in [0.2, 0.25) is 0 Å². The van der Waals surface area contributed by atoms with Crippen LogP contribution in [0.5, 0.6) is 0 Å². The number of pyridine rings is 1. The van der Waals surface area contributed by atoms with E-state index < -0.39 is 6.04 Å². The number of nitrogens with zero attached hydrogens (tertiary/aromatic N) is 1. The summed E-state index contributed by atoms with van der Waals surface area (Å²) < 4.78 is 0. The van der Waals surface area contributed by atoms with Crippen molar-refractivity contribution in [3.05, 3.63) is 23.9 Å². The van der Waals surface area contributed by atoms with E-state index in [1.807, 2.05) is 6.92 Å². The number of amides is 2. The highest BCUT2D eigenvalue weighted by Crippen LogP contribution is 2.10. The zero-order chi connectivity index (χ0) is 13.5. The third kappa shape index (κ3) is 3.44. The fraction of sp³-hybridized carbons (Fsp3) is 0.417. The summed E-state index contributed by atoms with van der Waals surface area (Å²) in [4.78, 5) is 27.5. The van der Waals surface area contributed by atoms with Gasteiger partial charge in [0.25, 0.3) is 5.91 Å². The van der Waals surface area contributed by atoms with Crippen LogP contribution in [0.4, 0.5) is 5.82 Å². The number of nitrogens with one attached hydrogen (secondary N) is 3. The lowest BCUT2D eigenvalue weighted by Crippen LogP contribution is -2.44. The standard InChI is InChI=1S/C12H18N4O2/c1-4-14-11(17)8(2)16-12(18)9-6-5-7-15-10(9)13-3/h5-8H,4H2,1-3H3,(H,13,15)(H,14,17)(H,16,18). The molecule has 1 aromatic rings. The zero-order valence-corrected chi connectivity index (χ0v) is 10.8. The first-order valence-corrected chi connectivity index (χ1v) is 5.81. The highest BCUT2D eigenvalue weighted by molar-refractivity contribution is 6.00. The fourth-order valence-corrected chi connectivity index (χ4v) is 1.46. The molecule has 6 heteroatoms. The van der Waals surface area contributed by atoms with Crippen LogP contribution in [0.15, 0.2) is 18.3 Å². The van der Waals surface area contributed by atoms with E-state index in [2.05, 4.69) is 20.9 Å². The van der Waals surface area contributed by atoms with Gasteiger partial charge >= 0.3 is 0 Å². The first kappa shape index (κ1) is 14.0. The molecule has 0 aromatic carbocycles. The highest BCUT2D eigenvalue weighted by atomic mass is 16.2. The van der Waals surface area contributed by atoms with E-state index in [-0.39, 0.29) is 11.8 Å². The maximum atomic E-state index is 12.0. The Morgan fingerprint density at radius 1 is 1.44 bits per heavy atom. The van der Waals surface area contributed by atoms with E-state index in [1.54, 1.807) is 32.3 Å². The minimum atomic E-state index is -0.581. The minimum absolute atomic E-state index is 0.208. The summed E-state index contributed by atoms with van der Waals surface area (Å²) in [5.41, 5.74) is 0.413. The molecule has 0 aliphatic carbocycles. The van der Waals surface area contributed by atoms with E-state index in [9.17, 15) is 9.59 Å². The van der Waals surface area contributed by atoms with E-state index in [1.165, 1.54) is 0 Å². The largest absolute Gasteiger partial charge is 0.372 e. The smallest absolute Gasteiger partial charge is 0.255 e. The number of rotatable bonds is 5. The van der Waals surface area contributed by atoms with Crippen LogP contribution in [0.1, 0.15) is 24.2 Å². The first-order valence-electron chi connectivity index (χ1n) is 5.81. The summed E-state index contributed by atoms with van der Waals surface area (Å²) in [5, 5.41) is 8.10. The van der Waals surface area contributed by atoms with Crippen LogP contribution >= 0.6 is 0 Å². The molecule has 0 aliphatic heterocycles. The van der Waals surface area contributed by atoms with Crippen LogP contribution in [0.25, 0.3) is 0 Å². The maximum absolute atomic E-state index is 12.0. The number of carbonyl (C=O) groups excluding carboxylic acids is 2. The van der Waals surface area contributed by atoms with Crippen molar-refractivity contribution in [3.8, 4) is 0 Å². The van der Waals surface area contributed by atoms with E-state index in [0.29, 0.717) is 17.9 Å². The number of carbonyl (C=O) groups is 2. The van der Waals surface area contributed by atoms with Crippen LogP contribution in [-0.4, -0.2) is 36.4 Å². The summed E-state index contributed by atoms with van der Waals surface area (Å²) in [6, 6.07) is 2.74. The topological polar surface area (TPSA) is 83.1 Å². The molecule has 2 amide bonds. The Kier molecular flexibility index (Phi) is 5.10. The number of likely N-dealkylation sites (N-methyl/N-ethyl adjacent to an activating group) is 1.